The third-order valence-corrected chi connectivity index (χ3v) is 5.12. The van der Waals surface area contributed by atoms with Gasteiger partial charge in [0.25, 0.3) is 0 Å². The lowest BCUT2D eigenvalue weighted by atomic mass is 9.69. The highest BCUT2D eigenvalue weighted by Gasteiger charge is 2.32. The van der Waals surface area contributed by atoms with Gasteiger partial charge in [-0.2, -0.15) is 0 Å². The number of hydrogen-bond donors (Lipinski definition) is 2. The van der Waals surface area contributed by atoms with Gasteiger partial charge in [-0.15, -0.1) is 12.4 Å². The lowest BCUT2D eigenvalue weighted by Gasteiger charge is -2.39. The standard InChI is InChI=1S/C16H32N2O2.ClH/c1-5-16(2,3)12-6-8-13(9-7-12)18-15(19)10-14(11-17)20-4;/h12-14H,5-11,17H2,1-4H3,(H,18,19);1H. The zero-order chi connectivity index (χ0) is 15.2. The minimum absolute atomic E-state index is 0. The molecule has 1 amide bonds. The summed E-state index contributed by atoms with van der Waals surface area (Å²) < 4.78 is 5.15. The summed E-state index contributed by atoms with van der Waals surface area (Å²) in [7, 11) is 1.60. The van der Waals surface area contributed by atoms with Crippen LogP contribution in [0.5, 0.6) is 0 Å². The maximum absolute atomic E-state index is 11.9. The van der Waals surface area contributed by atoms with E-state index < -0.39 is 0 Å². The van der Waals surface area contributed by atoms with E-state index >= 15 is 0 Å². The van der Waals surface area contributed by atoms with Crippen molar-refractivity contribution in [3.63, 3.8) is 0 Å². The van der Waals surface area contributed by atoms with Crippen molar-refractivity contribution in [3.8, 4) is 0 Å². The van der Waals surface area contributed by atoms with Gasteiger partial charge in [0.05, 0.1) is 12.5 Å². The lowest BCUT2D eigenvalue weighted by molar-refractivity contribution is -0.124. The Morgan fingerprint density at radius 2 is 1.90 bits per heavy atom. The molecule has 0 saturated heterocycles. The second-order valence-corrected chi connectivity index (χ2v) is 6.76. The van der Waals surface area contributed by atoms with Crippen molar-refractivity contribution in [1.82, 2.24) is 5.32 Å². The van der Waals surface area contributed by atoms with E-state index in [2.05, 4.69) is 26.1 Å². The number of nitrogens with two attached hydrogens (primary N) is 1. The number of ether oxygens (including phenoxy) is 1. The fourth-order valence-electron chi connectivity index (χ4n) is 3.06. The highest BCUT2D eigenvalue weighted by atomic mass is 35.5. The number of hydrogen-bond acceptors (Lipinski definition) is 3. The molecule has 126 valence electrons. The zero-order valence-electron chi connectivity index (χ0n) is 14.0. The van der Waals surface area contributed by atoms with E-state index in [0.717, 1.165) is 18.8 Å². The molecule has 1 atom stereocenters. The molecule has 0 aromatic carbocycles. The third-order valence-electron chi connectivity index (χ3n) is 5.12. The summed E-state index contributed by atoms with van der Waals surface area (Å²) in [4.78, 5) is 11.9. The van der Waals surface area contributed by atoms with Crippen molar-refractivity contribution < 1.29 is 9.53 Å². The summed E-state index contributed by atoms with van der Waals surface area (Å²) >= 11 is 0. The Kier molecular flexibility index (Phi) is 9.50. The first-order valence-corrected chi connectivity index (χ1v) is 7.95. The molecule has 0 heterocycles. The molecular formula is C16H33ClN2O2. The first kappa shape index (κ1) is 20.7. The number of carbonyl (C=O) groups excluding carboxylic acids is 1. The van der Waals surface area contributed by atoms with Gasteiger partial charge in [-0.25, -0.2) is 0 Å². The Hall–Kier alpha value is -0.320. The molecule has 3 N–H and O–H groups in total. The van der Waals surface area contributed by atoms with Crippen molar-refractivity contribution in [1.29, 1.82) is 0 Å². The number of nitrogens with one attached hydrogen (secondary N) is 1. The molecule has 0 spiro atoms. The Morgan fingerprint density at radius 1 is 1.33 bits per heavy atom. The van der Waals surface area contributed by atoms with Crippen molar-refractivity contribution in [2.24, 2.45) is 17.1 Å². The minimum Gasteiger partial charge on any atom is -0.380 e. The van der Waals surface area contributed by atoms with Gasteiger partial charge < -0.3 is 15.8 Å². The Balaban J connectivity index is 0.00000400. The molecule has 1 rings (SSSR count). The molecule has 21 heavy (non-hydrogen) atoms. The second-order valence-electron chi connectivity index (χ2n) is 6.76. The highest BCUT2D eigenvalue weighted by Crippen LogP contribution is 2.40. The molecule has 0 radical (unpaired) electrons. The highest BCUT2D eigenvalue weighted by molar-refractivity contribution is 5.85. The Labute approximate surface area is 136 Å². The van der Waals surface area contributed by atoms with E-state index in [1.807, 2.05) is 0 Å². The number of amides is 1. The molecule has 1 saturated carbocycles. The Morgan fingerprint density at radius 3 is 2.33 bits per heavy atom. The summed E-state index contributed by atoms with van der Waals surface area (Å²) in [5.41, 5.74) is 5.97. The molecular weight excluding hydrogens is 288 g/mol. The smallest absolute Gasteiger partial charge is 0.222 e. The molecule has 0 bridgehead atoms. The molecule has 1 fully saturated rings. The second kappa shape index (κ2) is 9.65. The average molecular weight is 321 g/mol. The number of methoxy groups -OCH3 is 1. The molecule has 0 aliphatic heterocycles. The largest absolute Gasteiger partial charge is 0.380 e. The maximum atomic E-state index is 11.9. The molecule has 0 aromatic heterocycles. The SMILES string of the molecule is CCC(C)(C)C1CCC(NC(=O)CC(CN)OC)CC1.Cl. The Bertz CT molecular complexity index is 299. The van der Waals surface area contributed by atoms with Gasteiger partial charge in [0.1, 0.15) is 0 Å². The summed E-state index contributed by atoms with van der Waals surface area (Å²) in [6.45, 7) is 7.38. The van der Waals surface area contributed by atoms with E-state index in [9.17, 15) is 4.79 Å². The molecule has 1 unspecified atom stereocenters. The van der Waals surface area contributed by atoms with Crippen LogP contribution in [-0.2, 0) is 9.53 Å². The third kappa shape index (κ3) is 6.54. The fraction of sp³-hybridized carbons (Fsp3) is 0.938. The van der Waals surface area contributed by atoms with Crippen LogP contribution in [0.1, 0.15) is 59.3 Å². The first-order chi connectivity index (χ1) is 9.42. The number of rotatable bonds is 7. The van der Waals surface area contributed by atoms with Crippen LogP contribution in [0.4, 0.5) is 0 Å². The van der Waals surface area contributed by atoms with Gasteiger partial charge >= 0.3 is 0 Å². The monoisotopic (exact) mass is 320 g/mol. The predicted molar refractivity (Wildman–Crippen MR) is 89.7 cm³/mol. The van der Waals surface area contributed by atoms with Crippen LogP contribution in [0, 0.1) is 11.3 Å². The average Bonchev–Trinajstić information content (AvgIpc) is 2.45. The summed E-state index contributed by atoms with van der Waals surface area (Å²) in [5.74, 6) is 0.858. The molecule has 1 aliphatic rings. The lowest BCUT2D eigenvalue weighted by Crippen LogP contribution is -2.41. The maximum Gasteiger partial charge on any atom is 0.222 e. The topological polar surface area (TPSA) is 64.4 Å². The van der Waals surface area contributed by atoms with Crippen molar-refractivity contribution in [3.05, 3.63) is 0 Å². The number of carbonyl (C=O) groups is 1. The van der Waals surface area contributed by atoms with Crippen molar-refractivity contribution in [2.75, 3.05) is 13.7 Å². The van der Waals surface area contributed by atoms with Crippen LogP contribution in [0.15, 0.2) is 0 Å². The van der Waals surface area contributed by atoms with E-state index in [4.69, 9.17) is 10.5 Å². The van der Waals surface area contributed by atoms with Crippen molar-refractivity contribution >= 4 is 18.3 Å². The minimum atomic E-state index is -0.162. The fourth-order valence-corrected chi connectivity index (χ4v) is 3.06. The van der Waals surface area contributed by atoms with Crippen LogP contribution in [0.2, 0.25) is 0 Å². The first-order valence-electron chi connectivity index (χ1n) is 7.95. The zero-order valence-corrected chi connectivity index (χ0v) is 14.8. The van der Waals surface area contributed by atoms with E-state index in [-0.39, 0.29) is 24.4 Å². The van der Waals surface area contributed by atoms with E-state index in [0.29, 0.717) is 24.4 Å². The number of halogens is 1. The normalized spacial score (nSPS) is 24.0. The molecule has 5 heteroatoms. The van der Waals surface area contributed by atoms with Gasteiger partial charge in [-0.3, -0.25) is 4.79 Å². The van der Waals surface area contributed by atoms with Crippen molar-refractivity contribution in [2.45, 2.75) is 71.4 Å². The van der Waals surface area contributed by atoms with Gasteiger partial charge in [0.2, 0.25) is 5.91 Å². The predicted octanol–water partition coefficient (Wildman–Crippen LogP) is 2.88. The van der Waals surface area contributed by atoms with Crippen LogP contribution in [-0.4, -0.2) is 31.7 Å². The van der Waals surface area contributed by atoms with Crippen LogP contribution in [0.25, 0.3) is 0 Å². The molecule has 1 aliphatic carbocycles. The summed E-state index contributed by atoms with van der Waals surface area (Å²) in [5, 5.41) is 3.13. The summed E-state index contributed by atoms with van der Waals surface area (Å²) in [6.07, 6.45) is 6.06. The van der Waals surface area contributed by atoms with Crippen LogP contribution < -0.4 is 11.1 Å². The van der Waals surface area contributed by atoms with E-state index in [1.165, 1.54) is 19.3 Å². The van der Waals surface area contributed by atoms with Gasteiger partial charge in [-0.05, 0) is 37.0 Å². The van der Waals surface area contributed by atoms with Gasteiger partial charge in [0.15, 0.2) is 0 Å². The quantitative estimate of drug-likeness (QED) is 0.758. The molecule has 4 nitrogen and oxygen atoms in total. The molecule has 0 aromatic rings. The van der Waals surface area contributed by atoms with E-state index in [1.54, 1.807) is 7.11 Å². The van der Waals surface area contributed by atoms with Crippen LogP contribution in [0.3, 0.4) is 0 Å². The van der Waals surface area contributed by atoms with Crippen LogP contribution >= 0.6 is 12.4 Å². The van der Waals surface area contributed by atoms with Gasteiger partial charge in [-0.1, -0.05) is 27.2 Å². The summed E-state index contributed by atoms with van der Waals surface area (Å²) in [6, 6.07) is 0.335. The van der Waals surface area contributed by atoms with Gasteiger partial charge in [0, 0.05) is 19.7 Å².